The summed E-state index contributed by atoms with van der Waals surface area (Å²) in [5.41, 5.74) is -0.443. The number of hydrogen-bond acceptors (Lipinski definition) is 3. The zero-order chi connectivity index (χ0) is 13.3. The fourth-order valence-electron chi connectivity index (χ4n) is 2.42. The van der Waals surface area contributed by atoms with Gasteiger partial charge in [0.2, 0.25) is 5.91 Å². The van der Waals surface area contributed by atoms with E-state index in [1.807, 2.05) is 26.1 Å². The molecule has 6 heteroatoms. The second kappa shape index (κ2) is 4.44. The van der Waals surface area contributed by atoms with E-state index in [1.165, 1.54) is 0 Å². The van der Waals surface area contributed by atoms with Crippen LogP contribution >= 0.6 is 0 Å². The normalized spacial score (nSPS) is 24.6. The lowest BCUT2D eigenvalue weighted by Crippen LogP contribution is -2.30. The third-order valence-corrected chi connectivity index (χ3v) is 3.58. The van der Waals surface area contributed by atoms with Gasteiger partial charge in [0.05, 0.1) is 18.4 Å². The van der Waals surface area contributed by atoms with Crippen LogP contribution in [0.2, 0.25) is 0 Å². The van der Waals surface area contributed by atoms with Crippen molar-refractivity contribution in [2.45, 2.75) is 20.4 Å². The maximum atomic E-state index is 11.9. The summed E-state index contributed by atoms with van der Waals surface area (Å²) in [5.74, 6) is -2.07. The number of nitrogens with zero attached hydrogens (tertiary/aromatic N) is 2. The lowest BCUT2D eigenvalue weighted by atomic mass is 10.1. The van der Waals surface area contributed by atoms with Gasteiger partial charge in [0.25, 0.3) is 0 Å². The Balaban J connectivity index is 1.81. The molecule has 98 valence electrons. The smallest absolute Gasteiger partial charge is 0.307 e. The summed E-state index contributed by atoms with van der Waals surface area (Å²) in [5, 5.41) is 15.8. The van der Waals surface area contributed by atoms with Crippen LogP contribution < -0.4 is 5.32 Å². The van der Waals surface area contributed by atoms with Crippen molar-refractivity contribution in [2.24, 2.45) is 17.3 Å². The van der Waals surface area contributed by atoms with Gasteiger partial charge >= 0.3 is 5.97 Å². The number of carboxylic acid groups (broad SMARTS) is 1. The molecule has 0 unspecified atom stereocenters. The molecule has 1 fully saturated rings. The number of carboxylic acids is 1. The Hall–Kier alpha value is -1.85. The molecule has 0 saturated heterocycles. The van der Waals surface area contributed by atoms with Crippen molar-refractivity contribution in [3.8, 4) is 0 Å². The molecule has 1 aromatic heterocycles. The molecule has 1 aromatic rings. The zero-order valence-corrected chi connectivity index (χ0v) is 10.5. The van der Waals surface area contributed by atoms with E-state index in [9.17, 15) is 9.59 Å². The fraction of sp³-hybridized carbons (Fsp3) is 0.583. The average Bonchev–Trinajstić information content (AvgIpc) is 2.65. The number of hydrogen-bond donors (Lipinski definition) is 2. The van der Waals surface area contributed by atoms with E-state index in [4.69, 9.17) is 5.11 Å². The molecule has 0 spiro atoms. The maximum Gasteiger partial charge on any atom is 0.307 e. The third kappa shape index (κ3) is 2.23. The molecular weight excluding hydrogens is 234 g/mol. The lowest BCUT2D eigenvalue weighted by Gasteiger charge is -2.06. The van der Waals surface area contributed by atoms with Crippen LogP contribution in [0.25, 0.3) is 0 Å². The first kappa shape index (κ1) is 12.6. The molecule has 18 heavy (non-hydrogen) atoms. The highest BCUT2D eigenvalue weighted by Crippen LogP contribution is 2.58. The summed E-state index contributed by atoms with van der Waals surface area (Å²) < 4.78 is 1.72. The van der Waals surface area contributed by atoms with E-state index in [2.05, 4.69) is 10.4 Å². The van der Waals surface area contributed by atoms with Gasteiger partial charge < -0.3 is 10.4 Å². The molecule has 2 atom stereocenters. The number of aliphatic carboxylic acids is 1. The van der Waals surface area contributed by atoms with Crippen LogP contribution in [0.4, 0.5) is 0 Å². The Morgan fingerprint density at radius 2 is 2.17 bits per heavy atom. The minimum absolute atomic E-state index is 0.181. The molecule has 2 rings (SSSR count). The van der Waals surface area contributed by atoms with Gasteiger partial charge in [-0.25, -0.2) is 0 Å². The van der Waals surface area contributed by atoms with E-state index >= 15 is 0 Å². The first-order valence-corrected chi connectivity index (χ1v) is 5.92. The number of nitrogens with one attached hydrogen (secondary N) is 1. The van der Waals surface area contributed by atoms with Crippen molar-refractivity contribution >= 4 is 11.9 Å². The first-order valence-electron chi connectivity index (χ1n) is 5.92. The van der Waals surface area contributed by atoms with Crippen LogP contribution in [0.3, 0.4) is 0 Å². The average molecular weight is 251 g/mol. The summed E-state index contributed by atoms with van der Waals surface area (Å²) in [6, 6.07) is 1.81. The minimum Gasteiger partial charge on any atom is -0.481 e. The Morgan fingerprint density at radius 1 is 1.44 bits per heavy atom. The van der Waals surface area contributed by atoms with E-state index in [1.54, 1.807) is 10.9 Å². The van der Waals surface area contributed by atoms with Gasteiger partial charge in [0.15, 0.2) is 0 Å². The highest BCUT2D eigenvalue weighted by molar-refractivity contribution is 5.91. The summed E-state index contributed by atoms with van der Waals surface area (Å²) in [4.78, 5) is 22.8. The predicted molar refractivity (Wildman–Crippen MR) is 63.6 cm³/mol. The van der Waals surface area contributed by atoms with E-state index in [0.29, 0.717) is 13.1 Å². The molecule has 2 N–H and O–H groups in total. The minimum atomic E-state index is -0.896. The SMILES string of the molecule is CC1(C)[C@H](C(=O)O)[C@@H]1C(=O)NCCn1cccn1. The molecule has 0 aliphatic heterocycles. The molecule has 0 radical (unpaired) electrons. The second-order valence-electron chi connectivity index (χ2n) is 5.18. The van der Waals surface area contributed by atoms with E-state index < -0.39 is 23.2 Å². The lowest BCUT2D eigenvalue weighted by molar-refractivity contribution is -0.140. The third-order valence-electron chi connectivity index (χ3n) is 3.58. The number of amides is 1. The predicted octanol–water partition coefficient (Wildman–Crippen LogP) is 0.356. The Labute approximate surface area is 105 Å². The van der Waals surface area contributed by atoms with Crippen molar-refractivity contribution in [2.75, 3.05) is 6.54 Å². The highest BCUT2D eigenvalue weighted by Gasteiger charge is 2.65. The topological polar surface area (TPSA) is 84.2 Å². The van der Waals surface area contributed by atoms with Crippen LogP contribution in [-0.2, 0) is 16.1 Å². The van der Waals surface area contributed by atoms with Gasteiger partial charge in [0.1, 0.15) is 0 Å². The van der Waals surface area contributed by atoms with Gasteiger partial charge in [0, 0.05) is 18.9 Å². The van der Waals surface area contributed by atoms with Crippen molar-refractivity contribution in [3.63, 3.8) is 0 Å². The summed E-state index contributed by atoms with van der Waals surface area (Å²) in [7, 11) is 0. The van der Waals surface area contributed by atoms with Crippen LogP contribution in [-0.4, -0.2) is 33.3 Å². The van der Waals surface area contributed by atoms with E-state index in [-0.39, 0.29) is 5.91 Å². The molecule has 1 heterocycles. The van der Waals surface area contributed by atoms with Crippen molar-refractivity contribution < 1.29 is 14.7 Å². The molecule has 1 aliphatic carbocycles. The van der Waals surface area contributed by atoms with Crippen LogP contribution in [0.1, 0.15) is 13.8 Å². The molecule has 1 saturated carbocycles. The molecular formula is C12H17N3O3. The Bertz CT molecular complexity index is 453. The summed E-state index contributed by atoms with van der Waals surface area (Å²) in [6.45, 7) is 4.66. The molecule has 6 nitrogen and oxygen atoms in total. The molecule has 0 bridgehead atoms. The maximum absolute atomic E-state index is 11.9. The monoisotopic (exact) mass is 251 g/mol. The number of carbonyl (C=O) groups excluding carboxylic acids is 1. The van der Waals surface area contributed by atoms with E-state index in [0.717, 1.165) is 0 Å². The largest absolute Gasteiger partial charge is 0.481 e. The van der Waals surface area contributed by atoms with Crippen LogP contribution in [0.5, 0.6) is 0 Å². The van der Waals surface area contributed by atoms with Crippen molar-refractivity contribution in [3.05, 3.63) is 18.5 Å². The van der Waals surface area contributed by atoms with Crippen LogP contribution in [0, 0.1) is 17.3 Å². The number of rotatable bonds is 5. The Kier molecular flexibility index (Phi) is 3.11. The summed E-state index contributed by atoms with van der Waals surface area (Å²) in [6.07, 6.45) is 3.49. The van der Waals surface area contributed by atoms with Gasteiger partial charge in [-0.15, -0.1) is 0 Å². The second-order valence-corrected chi connectivity index (χ2v) is 5.18. The van der Waals surface area contributed by atoms with Gasteiger partial charge in [-0.2, -0.15) is 5.10 Å². The number of carbonyl (C=O) groups is 2. The molecule has 0 aromatic carbocycles. The summed E-state index contributed by atoms with van der Waals surface area (Å²) >= 11 is 0. The fourth-order valence-corrected chi connectivity index (χ4v) is 2.42. The van der Waals surface area contributed by atoms with Gasteiger partial charge in [-0.3, -0.25) is 14.3 Å². The van der Waals surface area contributed by atoms with Crippen molar-refractivity contribution in [1.82, 2.24) is 15.1 Å². The molecule has 1 amide bonds. The highest BCUT2D eigenvalue weighted by atomic mass is 16.4. The number of aromatic nitrogens is 2. The van der Waals surface area contributed by atoms with Crippen molar-refractivity contribution in [1.29, 1.82) is 0 Å². The van der Waals surface area contributed by atoms with Gasteiger partial charge in [-0.05, 0) is 11.5 Å². The van der Waals surface area contributed by atoms with Crippen LogP contribution in [0.15, 0.2) is 18.5 Å². The molecule has 1 aliphatic rings. The first-order chi connectivity index (χ1) is 8.44. The standard InChI is InChI=1S/C12H17N3O3/c1-12(2)8(9(12)11(17)18)10(16)13-5-7-15-6-3-4-14-15/h3-4,6,8-9H,5,7H2,1-2H3,(H,13,16)(H,17,18)/t8-,9+/m1/s1. The quantitative estimate of drug-likeness (QED) is 0.791. The zero-order valence-electron chi connectivity index (χ0n) is 10.5. The Morgan fingerprint density at radius 3 is 2.67 bits per heavy atom. The van der Waals surface area contributed by atoms with Gasteiger partial charge in [-0.1, -0.05) is 13.8 Å².